The minimum absolute atomic E-state index is 0.153. The Morgan fingerprint density at radius 3 is 2.39 bits per heavy atom. The van der Waals surface area contributed by atoms with Crippen LogP contribution in [0.15, 0.2) is 54.2 Å². The molecule has 0 fully saturated rings. The maximum Gasteiger partial charge on any atom is 0.281 e. The van der Waals surface area contributed by atoms with Crippen LogP contribution in [0.5, 0.6) is 5.75 Å². The largest absolute Gasteiger partial charge is 0.503 e. The highest BCUT2D eigenvalue weighted by atomic mass is 19.2. The average molecular weight is 316 g/mol. The number of carbonyl (C=O) groups is 2. The lowest BCUT2D eigenvalue weighted by atomic mass is 10.2. The third-order valence-electron chi connectivity index (χ3n) is 3.27. The highest BCUT2D eigenvalue weighted by Gasteiger charge is 2.33. The van der Waals surface area contributed by atoms with Crippen molar-refractivity contribution in [3.8, 4) is 5.75 Å². The van der Waals surface area contributed by atoms with Gasteiger partial charge in [-0.05, 0) is 24.3 Å². The van der Waals surface area contributed by atoms with E-state index in [-0.39, 0.29) is 11.4 Å². The second-order valence-electron chi connectivity index (χ2n) is 4.75. The zero-order chi connectivity index (χ0) is 16.6. The smallest absolute Gasteiger partial charge is 0.281 e. The lowest BCUT2D eigenvalue weighted by Crippen LogP contribution is -2.31. The molecular formula is C16H10F2N2O3. The molecule has 0 aliphatic carbocycles. The van der Waals surface area contributed by atoms with Crippen LogP contribution in [0.4, 0.5) is 20.2 Å². The first-order chi connectivity index (χ1) is 11.0. The van der Waals surface area contributed by atoms with E-state index in [2.05, 4.69) is 5.32 Å². The summed E-state index contributed by atoms with van der Waals surface area (Å²) in [5.41, 5.74) is 0.0106. The summed E-state index contributed by atoms with van der Waals surface area (Å²) in [6.07, 6.45) is 1.02. The second-order valence-corrected chi connectivity index (χ2v) is 4.75. The van der Waals surface area contributed by atoms with Gasteiger partial charge >= 0.3 is 0 Å². The Kier molecular flexibility index (Phi) is 3.53. The van der Waals surface area contributed by atoms with Gasteiger partial charge in [0.1, 0.15) is 5.70 Å². The van der Waals surface area contributed by atoms with Crippen LogP contribution >= 0.6 is 0 Å². The van der Waals surface area contributed by atoms with Gasteiger partial charge in [-0.15, -0.1) is 0 Å². The lowest BCUT2D eigenvalue weighted by Gasteiger charge is -2.15. The number of halogens is 2. The van der Waals surface area contributed by atoms with Crippen molar-refractivity contribution in [2.24, 2.45) is 0 Å². The van der Waals surface area contributed by atoms with E-state index in [0.717, 1.165) is 23.1 Å². The monoisotopic (exact) mass is 316 g/mol. The Morgan fingerprint density at radius 2 is 1.70 bits per heavy atom. The molecule has 0 bridgehead atoms. The third-order valence-corrected chi connectivity index (χ3v) is 3.27. The van der Waals surface area contributed by atoms with Gasteiger partial charge in [-0.1, -0.05) is 18.2 Å². The van der Waals surface area contributed by atoms with Crippen molar-refractivity contribution in [2.75, 3.05) is 10.2 Å². The van der Waals surface area contributed by atoms with Crippen LogP contribution in [0.25, 0.3) is 0 Å². The Balaban J connectivity index is 1.89. The summed E-state index contributed by atoms with van der Waals surface area (Å²) in [7, 11) is 0. The Labute approximate surface area is 129 Å². The summed E-state index contributed by atoms with van der Waals surface area (Å²) in [6, 6.07) is 10.1. The molecule has 23 heavy (non-hydrogen) atoms. The molecule has 7 heteroatoms. The predicted molar refractivity (Wildman–Crippen MR) is 78.7 cm³/mol. The SMILES string of the molecule is O=C1C=C(Nc2ccc(F)c(F)c2O)C(=O)N1c1ccccc1. The maximum atomic E-state index is 13.3. The van der Waals surface area contributed by atoms with Crippen LogP contribution in [-0.4, -0.2) is 16.9 Å². The minimum Gasteiger partial charge on any atom is -0.503 e. The standard InChI is InChI=1S/C16H10F2N2O3/c17-10-6-7-11(15(22)14(10)18)19-12-8-13(21)20(16(12)23)9-4-2-1-3-5-9/h1-8,19,22H. The highest BCUT2D eigenvalue weighted by Crippen LogP contribution is 2.31. The molecule has 0 unspecified atom stereocenters. The number of benzene rings is 2. The van der Waals surface area contributed by atoms with Gasteiger partial charge in [0.2, 0.25) is 5.82 Å². The number of hydrogen-bond acceptors (Lipinski definition) is 4. The van der Waals surface area contributed by atoms with E-state index in [0.29, 0.717) is 5.69 Å². The molecule has 1 heterocycles. The van der Waals surface area contributed by atoms with Crippen molar-refractivity contribution in [1.29, 1.82) is 0 Å². The molecule has 2 aromatic carbocycles. The average Bonchev–Trinajstić information content (AvgIpc) is 2.83. The summed E-state index contributed by atoms with van der Waals surface area (Å²) in [5, 5.41) is 12.0. The number of para-hydroxylation sites is 1. The van der Waals surface area contributed by atoms with E-state index in [4.69, 9.17) is 0 Å². The van der Waals surface area contributed by atoms with E-state index >= 15 is 0 Å². The first-order valence-electron chi connectivity index (χ1n) is 6.58. The normalized spacial score (nSPS) is 14.2. The first kappa shape index (κ1) is 14.7. The Hall–Kier alpha value is -3.22. The lowest BCUT2D eigenvalue weighted by molar-refractivity contribution is -0.120. The molecule has 0 saturated carbocycles. The molecule has 0 saturated heterocycles. The summed E-state index contributed by atoms with van der Waals surface area (Å²) in [6.45, 7) is 0. The molecule has 3 rings (SSSR count). The van der Waals surface area contributed by atoms with Crippen LogP contribution in [0, 0.1) is 11.6 Å². The summed E-state index contributed by atoms with van der Waals surface area (Å²) in [5.74, 6) is -4.87. The number of hydrogen-bond donors (Lipinski definition) is 2. The van der Waals surface area contributed by atoms with E-state index in [9.17, 15) is 23.5 Å². The predicted octanol–water partition coefficient (Wildman–Crippen LogP) is 2.54. The van der Waals surface area contributed by atoms with Gasteiger partial charge in [0.15, 0.2) is 11.6 Å². The maximum absolute atomic E-state index is 13.3. The number of rotatable bonds is 3. The van der Waals surface area contributed by atoms with Gasteiger partial charge in [0.25, 0.3) is 11.8 Å². The summed E-state index contributed by atoms with van der Waals surface area (Å²) >= 11 is 0. The molecular weight excluding hydrogens is 306 g/mol. The number of phenolic OH excluding ortho intramolecular Hbond substituents is 1. The molecule has 2 N–H and O–H groups in total. The molecule has 0 aromatic heterocycles. The fourth-order valence-electron chi connectivity index (χ4n) is 2.17. The van der Waals surface area contributed by atoms with Crippen molar-refractivity contribution in [3.05, 3.63) is 65.9 Å². The van der Waals surface area contributed by atoms with E-state index < -0.39 is 29.2 Å². The number of amides is 2. The van der Waals surface area contributed by atoms with Gasteiger partial charge in [0.05, 0.1) is 11.4 Å². The number of nitrogens with one attached hydrogen (secondary N) is 1. The number of aromatic hydroxyl groups is 1. The zero-order valence-corrected chi connectivity index (χ0v) is 11.6. The molecule has 1 aliphatic rings. The highest BCUT2D eigenvalue weighted by molar-refractivity contribution is 6.31. The van der Waals surface area contributed by atoms with Crippen LogP contribution < -0.4 is 10.2 Å². The second kappa shape index (κ2) is 5.53. The molecule has 0 spiro atoms. The molecule has 0 atom stereocenters. The number of imide groups is 1. The van der Waals surface area contributed by atoms with Gasteiger partial charge in [-0.3, -0.25) is 9.59 Å². The van der Waals surface area contributed by atoms with Crippen molar-refractivity contribution >= 4 is 23.2 Å². The van der Waals surface area contributed by atoms with Crippen molar-refractivity contribution in [1.82, 2.24) is 0 Å². The molecule has 1 aliphatic heterocycles. The molecule has 2 aromatic rings. The summed E-state index contributed by atoms with van der Waals surface area (Å²) in [4.78, 5) is 25.2. The molecule has 0 radical (unpaired) electrons. The Morgan fingerprint density at radius 1 is 1.00 bits per heavy atom. The molecule has 2 amide bonds. The number of nitrogens with zero attached hydrogens (tertiary/aromatic N) is 1. The topological polar surface area (TPSA) is 69.6 Å². The minimum atomic E-state index is -1.44. The van der Waals surface area contributed by atoms with E-state index in [1.165, 1.54) is 0 Å². The van der Waals surface area contributed by atoms with Crippen LogP contribution in [0.2, 0.25) is 0 Å². The third kappa shape index (κ3) is 2.52. The zero-order valence-electron chi connectivity index (χ0n) is 11.6. The fraction of sp³-hybridized carbons (Fsp3) is 0. The van der Waals surface area contributed by atoms with E-state index in [1.54, 1.807) is 30.3 Å². The molecule has 5 nitrogen and oxygen atoms in total. The number of phenols is 1. The number of anilines is 2. The van der Waals surface area contributed by atoms with Gasteiger partial charge in [-0.2, -0.15) is 4.39 Å². The van der Waals surface area contributed by atoms with Gasteiger partial charge < -0.3 is 10.4 Å². The van der Waals surface area contributed by atoms with Crippen molar-refractivity contribution in [3.63, 3.8) is 0 Å². The van der Waals surface area contributed by atoms with Crippen LogP contribution in [0.3, 0.4) is 0 Å². The fourth-order valence-corrected chi connectivity index (χ4v) is 2.17. The van der Waals surface area contributed by atoms with Gasteiger partial charge in [-0.25, -0.2) is 9.29 Å². The van der Waals surface area contributed by atoms with Crippen LogP contribution in [0.1, 0.15) is 0 Å². The van der Waals surface area contributed by atoms with Crippen molar-refractivity contribution < 1.29 is 23.5 Å². The first-order valence-corrected chi connectivity index (χ1v) is 6.58. The van der Waals surface area contributed by atoms with E-state index in [1.807, 2.05) is 0 Å². The van der Waals surface area contributed by atoms with Crippen LogP contribution in [-0.2, 0) is 9.59 Å². The molecule has 116 valence electrons. The Bertz CT molecular complexity index is 835. The summed E-state index contributed by atoms with van der Waals surface area (Å²) < 4.78 is 26.3. The number of carbonyl (C=O) groups excluding carboxylic acids is 2. The van der Waals surface area contributed by atoms with Crippen molar-refractivity contribution in [2.45, 2.75) is 0 Å². The quantitative estimate of drug-likeness (QED) is 0.674. The van der Waals surface area contributed by atoms with Gasteiger partial charge in [0, 0.05) is 6.08 Å².